The van der Waals surface area contributed by atoms with Gasteiger partial charge in [0.05, 0.1) is 13.0 Å². The maximum atomic E-state index is 11.4. The van der Waals surface area contributed by atoms with Crippen molar-refractivity contribution in [3.05, 3.63) is 42.0 Å². The zero-order valence-electron chi connectivity index (χ0n) is 10.0. The molecule has 0 saturated heterocycles. The highest BCUT2D eigenvalue weighted by molar-refractivity contribution is 5.72. The van der Waals surface area contributed by atoms with Crippen LogP contribution >= 0.6 is 0 Å². The normalized spacial score (nSPS) is 12.6. The molecule has 0 aliphatic rings. The molecule has 3 heteroatoms. The zero-order valence-corrected chi connectivity index (χ0v) is 10.0. The van der Waals surface area contributed by atoms with Crippen molar-refractivity contribution in [2.75, 3.05) is 13.7 Å². The number of aliphatic hydroxyl groups is 1. The largest absolute Gasteiger partial charge is 0.469 e. The fourth-order valence-corrected chi connectivity index (χ4v) is 1.59. The van der Waals surface area contributed by atoms with Crippen molar-refractivity contribution >= 4 is 12.0 Å². The van der Waals surface area contributed by atoms with Crippen LogP contribution in [0.5, 0.6) is 0 Å². The van der Waals surface area contributed by atoms with E-state index in [2.05, 4.69) is 4.74 Å². The molecule has 1 unspecified atom stereocenters. The van der Waals surface area contributed by atoms with Crippen molar-refractivity contribution in [2.45, 2.75) is 12.8 Å². The Morgan fingerprint density at radius 1 is 1.41 bits per heavy atom. The fourth-order valence-electron chi connectivity index (χ4n) is 1.59. The second kappa shape index (κ2) is 7.63. The molecule has 0 amide bonds. The molecular formula is C14H18O3. The van der Waals surface area contributed by atoms with Crippen LogP contribution < -0.4 is 0 Å². The number of rotatable bonds is 6. The summed E-state index contributed by atoms with van der Waals surface area (Å²) in [4.78, 5) is 11.4. The first kappa shape index (κ1) is 13.5. The van der Waals surface area contributed by atoms with Crippen molar-refractivity contribution in [3.8, 4) is 0 Å². The maximum absolute atomic E-state index is 11.4. The van der Waals surface area contributed by atoms with Gasteiger partial charge in [-0.15, -0.1) is 0 Å². The molecule has 0 heterocycles. The van der Waals surface area contributed by atoms with Crippen molar-refractivity contribution in [1.29, 1.82) is 0 Å². The van der Waals surface area contributed by atoms with Gasteiger partial charge in [0.25, 0.3) is 0 Å². The van der Waals surface area contributed by atoms with Gasteiger partial charge in [0, 0.05) is 6.61 Å². The summed E-state index contributed by atoms with van der Waals surface area (Å²) in [7, 11) is 1.37. The summed E-state index contributed by atoms with van der Waals surface area (Å²) in [6.45, 7) is -0.00105. The first-order chi connectivity index (χ1) is 8.27. The molecule has 1 aromatic carbocycles. The third-order valence-corrected chi connectivity index (χ3v) is 2.54. The standard InChI is InChI=1S/C14H18O3/c1-17-14(16)13(10-11-15)9-5-8-12-6-3-2-4-7-12/h2-8,13,15H,9-11H2,1H3/b8-5+. The van der Waals surface area contributed by atoms with E-state index in [4.69, 9.17) is 5.11 Å². The minimum Gasteiger partial charge on any atom is -0.469 e. The molecule has 0 aliphatic carbocycles. The van der Waals surface area contributed by atoms with Gasteiger partial charge in [-0.2, -0.15) is 0 Å². The Morgan fingerprint density at radius 3 is 2.71 bits per heavy atom. The summed E-state index contributed by atoms with van der Waals surface area (Å²) >= 11 is 0. The molecule has 1 rings (SSSR count). The number of carbonyl (C=O) groups excluding carboxylic acids is 1. The smallest absolute Gasteiger partial charge is 0.309 e. The highest BCUT2D eigenvalue weighted by atomic mass is 16.5. The van der Waals surface area contributed by atoms with Crippen LogP contribution in [0.4, 0.5) is 0 Å². The first-order valence-corrected chi connectivity index (χ1v) is 5.68. The molecule has 0 aliphatic heterocycles. The predicted octanol–water partition coefficient (Wildman–Crippen LogP) is 2.26. The number of esters is 1. The average Bonchev–Trinajstić information content (AvgIpc) is 2.38. The second-order valence-electron chi connectivity index (χ2n) is 3.78. The summed E-state index contributed by atoms with van der Waals surface area (Å²) in [6, 6.07) is 9.88. The highest BCUT2D eigenvalue weighted by Gasteiger charge is 2.16. The molecule has 1 N–H and O–H groups in total. The van der Waals surface area contributed by atoms with Gasteiger partial charge in [0.1, 0.15) is 0 Å². The number of aliphatic hydroxyl groups excluding tert-OH is 1. The van der Waals surface area contributed by atoms with Crippen LogP contribution in [0, 0.1) is 5.92 Å². The Labute approximate surface area is 102 Å². The average molecular weight is 234 g/mol. The summed E-state index contributed by atoms with van der Waals surface area (Å²) in [6.07, 6.45) is 4.92. The number of methoxy groups -OCH3 is 1. The van der Waals surface area contributed by atoms with Gasteiger partial charge in [-0.1, -0.05) is 42.5 Å². The summed E-state index contributed by atoms with van der Waals surface area (Å²) in [5, 5.41) is 8.87. The predicted molar refractivity (Wildman–Crippen MR) is 67.3 cm³/mol. The number of hydrogen-bond donors (Lipinski definition) is 1. The molecule has 0 radical (unpaired) electrons. The van der Waals surface area contributed by atoms with E-state index in [9.17, 15) is 4.79 Å². The minimum atomic E-state index is -0.267. The van der Waals surface area contributed by atoms with Crippen LogP contribution in [0.3, 0.4) is 0 Å². The fraction of sp³-hybridized carbons (Fsp3) is 0.357. The third-order valence-electron chi connectivity index (χ3n) is 2.54. The van der Waals surface area contributed by atoms with Crippen LogP contribution in [0.2, 0.25) is 0 Å². The topological polar surface area (TPSA) is 46.5 Å². The number of hydrogen-bond acceptors (Lipinski definition) is 3. The lowest BCUT2D eigenvalue weighted by atomic mass is 10.0. The van der Waals surface area contributed by atoms with Crippen LogP contribution in [0.15, 0.2) is 36.4 Å². The van der Waals surface area contributed by atoms with Crippen molar-refractivity contribution < 1.29 is 14.6 Å². The summed E-state index contributed by atoms with van der Waals surface area (Å²) in [5.74, 6) is -0.526. The van der Waals surface area contributed by atoms with Crippen molar-refractivity contribution in [3.63, 3.8) is 0 Å². The molecule has 17 heavy (non-hydrogen) atoms. The summed E-state index contributed by atoms with van der Waals surface area (Å²) in [5.41, 5.74) is 1.10. The quantitative estimate of drug-likeness (QED) is 0.768. The Bertz CT molecular complexity index is 357. The second-order valence-corrected chi connectivity index (χ2v) is 3.78. The molecular weight excluding hydrogens is 216 g/mol. The van der Waals surface area contributed by atoms with E-state index in [1.807, 2.05) is 42.5 Å². The Morgan fingerprint density at radius 2 is 2.12 bits per heavy atom. The number of carbonyl (C=O) groups is 1. The van der Waals surface area contributed by atoms with Gasteiger partial charge in [-0.05, 0) is 18.4 Å². The molecule has 3 nitrogen and oxygen atoms in total. The monoisotopic (exact) mass is 234 g/mol. The molecule has 1 aromatic rings. The van der Waals surface area contributed by atoms with Crippen LogP contribution in [0.25, 0.3) is 6.08 Å². The lowest BCUT2D eigenvalue weighted by Crippen LogP contribution is -2.16. The molecule has 0 saturated carbocycles. The van der Waals surface area contributed by atoms with E-state index in [-0.39, 0.29) is 18.5 Å². The van der Waals surface area contributed by atoms with E-state index in [0.29, 0.717) is 12.8 Å². The Hall–Kier alpha value is -1.61. The van der Waals surface area contributed by atoms with Gasteiger partial charge in [-0.25, -0.2) is 0 Å². The van der Waals surface area contributed by atoms with Crippen molar-refractivity contribution in [2.24, 2.45) is 5.92 Å². The van der Waals surface area contributed by atoms with E-state index in [1.165, 1.54) is 7.11 Å². The van der Waals surface area contributed by atoms with Crippen molar-refractivity contribution in [1.82, 2.24) is 0 Å². The van der Waals surface area contributed by atoms with Gasteiger partial charge < -0.3 is 9.84 Å². The van der Waals surface area contributed by atoms with Gasteiger partial charge in [-0.3, -0.25) is 4.79 Å². The van der Waals surface area contributed by atoms with Crippen LogP contribution in [0.1, 0.15) is 18.4 Å². The number of ether oxygens (including phenoxy) is 1. The zero-order chi connectivity index (χ0) is 12.5. The van der Waals surface area contributed by atoms with Crippen LogP contribution in [-0.2, 0) is 9.53 Å². The highest BCUT2D eigenvalue weighted by Crippen LogP contribution is 2.12. The lowest BCUT2D eigenvalue weighted by molar-refractivity contribution is -0.145. The van der Waals surface area contributed by atoms with Gasteiger partial charge in [0.15, 0.2) is 0 Å². The molecule has 0 fully saturated rings. The minimum absolute atomic E-state index is 0.00105. The Balaban J connectivity index is 2.51. The molecule has 0 bridgehead atoms. The van der Waals surface area contributed by atoms with E-state index in [1.54, 1.807) is 0 Å². The Kier molecular flexibility index (Phi) is 6.04. The first-order valence-electron chi connectivity index (χ1n) is 5.68. The van der Waals surface area contributed by atoms with E-state index < -0.39 is 0 Å². The van der Waals surface area contributed by atoms with E-state index in [0.717, 1.165) is 5.56 Å². The van der Waals surface area contributed by atoms with E-state index >= 15 is 0 Å². The third kappa shape index (κ3) is 4.83. The van der Waals surface area contributed by atoms with Crippen LogP contribution in [-0.4, -0.2) is 24.8 Å². The number of benzene rings is 1. The lowest BCUT2D eigenvalue weighted by Gasteiger charge is -2.10. The summed E-state index contributed by atoms with van der Waals surface area (Å²) < 4.78 is 4.68. The van der Waals surface area contributed by atoms with Gasteiger partial charge in [0.2, 0.25) is 0 Å². The molecule has 1 atom stereocenters. The van der Waals surface area contributed by atoms with Gasteiger partial charge >= 0.3 is 5.97 Å². The SMILES string of the molecule is COC(=O)C(C/C=C/c1ccccc1)CCO. The molecule has 0 spiro atoms. The number of allylic oxidation sites excluding steroid dienone is 1. The maximum Gasteiger partial charge on any atom is 0.309 e. The molecule has 92 valence electrons. The molecule has 0 aromatic heterocycles.